The number of alkyl halides is 3. The minimum atomic E-state index is -3.08. The van der Waals surface area contributed by atoms with Crippen LogP contribution < -0.4 is 5.32 Å². The Balaban J connectivity index is 1.56. The van der Waals surface area contributed by atoms with E-state index in [-0.39, 0.29) is 28.4 Å². The minimum absolute atomic E-state index is 0.0843. The first kappa shape index (κ1) is 23.6. The van der Waals surface area contributed by atoms with E-state index in [1.807, 2.05) is 0 Å². The van der Waals surface area contributed by atoms with E-state index in [0.29, 0.717) is 17.1 Å². The number of rotatable bonds is 7. The average molecular weight is 604 g/mol. The molecule has 36 heavy (non-hydrogen) atoms. The van der Waals surface area contributed by atoms with Crippen LogP contribution in [0.3, 0.4) is 0 Å². The number of nitrogens with one attached hydrogen (secondary N) is 1. The van der Waals surface area contributed by atoms with E-state index in [2.05, 4.69) is 20.5 Å². The van der Waals surface area contributed by atoms with Crippen molar-refractivity contribution in [3.05, 3.63) is 84.0 Å². The Labute approximate surface area is 214 Å². The number of para-hydroxylation sites is 1. The maximum absolute atomic E-state index is 13.9. The highest BCUT2D eigenvalue weighted by Gasteiger charge is 2.28. The molecule has 0 saturated carbocycles. The van der Waals surface area contributed by atoms with Gasteiger partial charge in [-0.05, 0) is 52.9 Å². The van der Waals surface area contributed by atoms with E-state index in [0.717, 1.165) is 33.3 Å². The van der Waals surface area contributed by atoms with Crippen LogP contribution >= 0.6 is 22.6 Å². The van der Waals surface area contributed by atoms with Crippen LogP contribution in [0, 0.1) is 0 Å². The van der Waals surface area contributed by atoms with Gasteiger partial charge in [-0.25, -0.2) is 19.0 Å². The number of furan rings is 1. The van der Waals surface area contributed by atoms with Crippen LogP contribution in [0.5, 0.6) is 0 Å². The second-order valence-corrected chi connectivity index (χ2v) is 9.19. The van der Waals surface area contributed by atoms with Crippen molar-refractivity contribution in [2.24, 2.45) is 0 Å². The van der Waals surface area contributed by atoms with Crippen molar-refractivity contribution in [1.29, 1.82) is 0 Å². The molecule has 0 atom stereocenters. The highest BCUT2D eigenvalue weighted by molar-refractivity contribution is 14.1. The second-order valence-electron chi connectivity index (χ2n) is 7.62. The SMILES string of the molecule is O=C(Nc1c(C(=O)O)cnn1-c1ccccc1)c1cc2nc(-c3ccco3)cc(CC(F)(F)I)n2n1. The molecule has 0 aliphatic carbocycles. The fraction of sp³-hybridized carbons (Fsp3) is 0.0870. The standard InChI is InChI=1S/C23H15F2IN6O4/c24-23(25,26)11-14-9-16(18-7-4-8-36-18)28-19-10-17(30-31(14)19)21(33)29-20-15(22(34)35)12-27-32(20)13-5-2-1-3-6-13/h1-10,12H,11H2,(H,29,33)(H,34,35). The molecule has 2 N–H and O–H groups in total. The number of benzene rings is 1. The number of carbonyl (C=O) groups excluding carboxylic acids is 1. The van der Waals surface area contributed by atoms with Crippen molar-refractivity contribution in [3.8, 4) is 17.1 Å². The van der Waals surface area contributed by atoms with Crippen molar-refractivity contribution in [3.63, 3.8) is 0 Å². The first-order valence-corrected chi connectivity index (χ1v) is 11.5. The highest BCUT2D eigenvalue weighted by Crippen LogP contribution is 2.30. The molecule has 0 saturated heterocycles. The molecule has 1 amide bonds. The fourth-order valence-electron chi connectivity index (χ4n) is 3.59. The van der Waals surface area contributed by atoms with E-state index in [1.54, 1.807) is 42.5 Å². The summed E-state index contributed by atoms with van der Waals surface area (Å²) < 4.78 is 32.5. The van der Waals surface area contributed by atoms with Gasteiger partial charge in [-0.3, -0.25) is 4.79 Å². The maximum atomic E-state index is 13.9. The molecule has 0 radical (unpaired) electrons. The van der Waals surface area contributed by atoms with E-state index in [4.69, 9.17) is 4.42 Å². The van der Waals surface area contributed by atoms with Gasteiger partial charge in [0.15, 0.2) is 22.9 Å². The maximum Gasteiger partial charge on any atom is 0.341 e. The molecule has 0 bridgehead atoms. The molecule has 0 unspecified atom stereocenters. The van der Waals surface area contributed by atoms with Crippen LogP contribution in [0.25, 0.3) is 22.8 Å². The molecular weight excluding hydrogens is 589 g/mol. The Morgan fingerprint density at radius 3 is 2.58 bits per heavy atom. The zero-order valence-electron chi connectivity index (χ0n) is 18.1. The summed E-state index contributed by atoms with van der Waals surface area (Å²) in [7, 11) is 0. The number of amides is 1. The van der Waals surface area contributed by atoms with Crippen LogP contribution in [-0.2, 0) is 6.42 Å². The number of aromatic carboxylic acids is 1. The highest BCUT2D eigenvalue weighted by atomic mass is 127. The Bertz CT molecular complexity index is 1580. The molecule has 10 nitrogen and oxygen atoms in total. The first-order valence-electron chi connectivity index (χ1n) is 10.4. The third kappa shape index (κ3) is 4.68. The summed E-state index contributed by atoms with van der Waals surface area (Å²) in [6.45, 7) is 0. The number of fused-ring (bicyclic) bond motifs is 1. The third-order valence-electron chi connectivity index (χ3n) is 5.12. The Morgan fingerprint density at radius 1 is 1.14 bits per heavy atom. The van der Waals surface area contributed by atoms with Gasteiger partial charge in [0.05, 0.1) is 30.3 Å². The number of hydrogen-bond donors (Lipinski definition) is 2. The largest absolute Gasteiger partial charge is 0.477 e. The number of nitrogens with zero attached hydrogens (tertiary/aromatic N) is 5. The van der Waals surface area contributed by atoms with Crippen molar-refractivity contribution >= 4 is 45.9 Å². The fourth-order valence-corrected chi connectivity index (χ4v) is 3.98. The summed E-state index contributed by atoms with van der Waals surface area (Å²) >= 11 is 1.03. The zero-order chi connectivity index (χ0) is 25.4. The quantitative estimate of drug-likeness (QED) is 0.204. The molecule has 0 aliphatic rings. The molecule has 0 aliphatic heterocycles. The predicted molar refractivity (Wildman–Crippen MR) is 132 cm³/mol. The molecule has 1 aromatic carbocycles. The lowest BCUT2D eigenvalue weighted by Crippen LogP contribution is -2.18. The summed E-state index contributed by atoms with van der Waals surface area (Å²) in [5.41, 5.74) is 0.663. The average Bonchev–Trinajstić information content (AvgIpc) is 3.58. The van der Waals surface area contributed by atoms with E-state index in [9.17, 15) is 23.5 Å². The summed E-state index contributed by atoms with van der Waals surface area (Å²) in [5, 5.41) is 20.4. The van der Waals surface area contributed by atoms with E-state index in [1.165, 1.54) is 23.1 Å². The van der Waals surface area contributed by atoms with Crippen molar-refractivity contribution in [2.75, 3.05) is 5.32 Å². The molecule has 5 aromatic rings. The van der Waals surface area contributed by atoms with Gasteiger partial charge in [0.25, 0.3) is 5.91 Å². The van der Waals surface area contributed by atoms with Gasteiger partial charge in [0.2, 0.25) is 0 Å². The van der Waals surface area contributed by atoms with Gasteiger partial charge < -0.3 is 14.8 Å². The lowest BCUT2D eigenvalue weighted by Gasteiger charge is -2.11. The van der Waals surface area contributed by atoms with Crippen molar-refractivity contribution in [2.45, 2.75) is 10.4 Å². The molecule has 0 spiro atoms. The second kappa shape index (κ2) is 9.14. The first-order chi connectivity index (χ1) is 17.2. The predicted octanol–water partition coefficient (Wildman–Crippen LogP) is 4.70. The van der Waals surface area contributed by atoms with Crippen LogP contribution in [-0.4, -0.2) is 45.3 Å². The third-order valence-corrected chi connectivity index (χ3v) is 5.50. The number of aromatic nitrogens is 5. The number of hydrogen-bond acceptors (Lipinski definition) is 6. The molecule has 13 heteroatoms. The number of halogens is 3. The number of carboxylic acids is 1. The van der Waals surface area contributed by atoms with Gasteiger partial charge in [0, 0.05) is 6.07 Å². The lowest BCUT2D eigenvalue weighted by atomic mass is 10.2. The lowest BCUT2D eigenvalue weighted by molar-refractivity contribution is 0.0698. The van der Waals surface area contributed by atoms with Gasteiger partial charge >= 0.3 is 9.90 Å². The van der Waals surface area contributed by atoms with E-state index >= 15 is 0 Å². The molecule has 5 rings (SSSR count). The molecule has 0 fully saturated rings. The van der Waals surface area contributed by atoms with Crippen molar-refractivity contribution in [1.82, 2.24) is 24.4 Å². The summed E-state index contributed by atoms with van der Waals surface area (Å²) in [6.07, 6.45) is 1.87. The topological polar surface area (TPSA) is 128 Å². The monoisotopic (exact) mass is 604 g/mol. The van der Waals surface area contributed by atoms with E-state index < -0.39 is 22.2 Å². The van der Waals surface area contributed by atoms with Crippen molar-refractivity contribution < 1.29 is 27.9 Å². The molecule has 182 valence electrons. The van der Waals surface area contributed by atoms with Crippen LogP contribution in [0.2, 0.25) is 0 Å². The smallest absolute Gasteiger partial charge is 0.341 e. The minimum Gasteiger partial charge on any atom is -0.477 e. The number of carbonyl (C=O) groups is 2. The Morgan fingerprint density at radius 2 is 1.92 bits per heavy atom. The Kier molecular flexibility index (Phi) is 5.99. The molecule has 4 aromatic heterocycles. The number of anilines is 1. The normalized spacial score (nSPS) is 11.6. The van der Waals surface area contributed by atoms with Crippen LogP contribution in [0.1, 0.15) is 26.5 Å². The summed E-state index contributed by atoms with van der Waals surface area (Å²) in [4.78, 5) is 29.3. The Hall–Kier alpha value is -4.14. The van der Waals surface area contributed by atoms with Gasteiger partial charge in [0.1, 0.15) is 11.3 Å². The summed E-state index contributed by atoms with van der Waals surface area (Å²) in [6, 6.07) is 14.6. The van der Waals surface area contributed by atoms with Gasteiger partial charge in [-0.1, -0.05) is 18.2 Å². The van der Waals surface area contributed by atoms with Gasteiger partial charge in [-0.2, -0.15) is 19.0 Å². The van der Waals surface area contributed by atoms with Crippen LogP contribution in [0.4, 0.5) is 14.6 Å². The zero-order valence-corrected chi connectivity index (χ0v) is 20.3. The molecule has 4 heterocycles. The van der Waals surface area contributed by atoms with Crippen LogP contribution in [0.15, 0.2) is 71.5 Å². The number of carboxylic acid groups (broad SMARTS) is 1. The van der Waals surface area contributed by atoms with Gasteiger partial charge in [-0.15, -0.1) is 0 Å². The molecular formula is C23H15F2IN6O4. The summed E-state index contributed by atoms with van der Waals surface area (Å²) in [5.74, 6) is -1.79.